The summed E-state index contributed by atoms with van der Waals surface area (Å²) in [5.74, 6) is 5.11. The van der Waals surface area contributed by atoms with Gasteiger partial charge < -0.3 is 0 Å². The van der Waals surface area contributed by atoms with E-state index in [9.17, 15) is 4.39 Å². The van der Waals surface area contributed by atoms with Crippen LogP contribution in [0, 0.1) is 5.82 Å². The van der Waals surface area contributed by atoms with E-state index in [-0.39, 0.29) is 0 Å². The van der Waals surface area contributed by atoms with Gasteiger partial charge in [-0.2, -0.15) is 0 Å². The van der Waals surface area contributed by atoms with Crippen molar-refractivity contribution in [3.05, 3.63) is 68.4 Å². The summed E-state index contributed by atoms with van der Waals surface area (Å²) in [7, 11) is 0. The van der Waals surface area contributed by atoms with Crippen molar-refractivity contribution >= 4 is 34.8 Å². The van der Waals surface area contributed by atoms with E-state index >= 15 is 0 Å². The molecule has 0 fully saturated rings. The number of hydrazine groups is 1. The molecule has 2 aromatic carbocycles. The maximum absolute atomic E-state index is 13.9. The van der Waals surface area contributed by atoms with Gasteiger partial charge in [0.25, 0.3) is 0 Å². The van der Waals surface area contributed by atoms with E-state index in [0.717, 1.165) is 5.56 Å². The van der Waals surface area contributed by atoms with Crippen molar-refractivity contribution in [3.8, 4) is 0 Å². The molecule has 2 aromatic rings. The lowest BCUT2D eigenvalue weighted by Gasteiger charge is -2.19. The topological polar surface area (TPSA) is 38.0 Å². The van der Waals surface area contributed by atoms with Crippen LogP contribution in [0.25, 0.3) is 0 Å². The van der Waals surface area contributed by atoms with Gasteiger partial charge >= 0.3 is 0 Å². The van der Waals surface area contributed by atoms with E-state index < -0.39 is 11.9 Å². The molecule has 6 heteroatoms. The van der Waals surface area contributed by atoms with Crippen molar-refractivity contribution in [1.29, 1.82) is 0 Å². The number of hydrogen-bond acceptors (Lipinski definition) is 2. The molecule has 1 atom stereocenters. The van der Waals surface area contributed by atoms with Gasteiger partial charge in [-0.3, -0.25) is 11.3 Å². The molecule has 0 saturated carbocycles. The minimum absolute atomic E-state index is 0.318. The predicted octanol–water partition coefficient (Wildman–Crippen LogP) is 4.53. The van der Waals surface area contributed by atoms with Gasteiger partial charge in [-0.1, -0.05) is 46.9 Å². The van der Waals surface area contributed by atoms with Gasteiger partial charge in [0.05, 0.1) is 6.04 Å². The Kier molecular flexibility index (Phi) is 5.24. The van der Waals surface area contributed by atoms with E-state index in [0.29, 0.717) is 27.1 Å². The zero-order valence-electron chi connectivity index (χ0n) is 10.3. The second kappa shape index (κ2) is 6.74. The summed E-state index contributed by atoms with van der Waals surface area (Å²) in [5.41, 5.74) is 3.70. The number of rotatable bonds is 4. The van der Waals surface area contributed by atoms with Gasteiger partial charge in [0, 0.05) is 20.6 Å². The zero-order chi connectivity index (χ0) is 14.7. The van der Waals surface area contributed by atoms with Crippen LogP contribution in [0.3, 0.4) is 0 Å². The van der Waals surface area contributed by atoms with E-state index in [1.54, 1.807) is 30.3 Å². The molecule has 0 saturated heterocycles. The lowest BCUT2D eigenvalue weighted by atomic mass is 9.99. The number of nitrogens with two attached hydrogens (primary N) is 1. The second-order valence-electron chi connectivity index (χ2n) is 4.29. The molecule has 0 radical (unpaired) electrons. The molecule has 2 nitrogen and oxygen atoms in total. The van der Waals surface area contributed by atoms with Gasteiger partial charge in [0.15, 0.2) is 0 Å². The molecule has 0 bridgehead atoms. The molecule has 0 heterocycles. The molecule has 106 valence electrons. The van der Waals surface area contributed by atoms with Gasteiger partial charge in [-0.25, -0.2) is 4.39 Å². The van der Waals surface area contributed by atoms with Crippen LogP contribution in [0.2, 0.25) is 15.1 Å². The van der Waals surface area contributed by atoms with E-state index in [4.69, 9.17) is 40.6 Å². The summed E-state index contributed by atoms with van der Waals surface area (Å²) in [6, 6.07) is 9.16. The molecule has 0 aliphatic heterocycles. The first kappa shape index (κ1) is 15.5. The summed E-state index contributed by atoms with van der Waals surface area (Å²) in [6.07, 6.45) is 0.396. The Hall–Kier alpha value is -0.840. The summed E-state index contributed by atoms with van der Waals surface area (Å²) < 4.78 is 13.9. The van der Waals surface area contributed by atoms with E-state index in [1.165, 1.54) is 6.07 Å². The monoisotopic (exact) mass is 332 g/mol. The Bertz CT molecular complexity index is 599. The molecule has 3 N–H and O–H groups in total. The quantitative estimate of drug-likeness (QED) is 0.637. The zero-order valence-corrected chi connectivity index (χ0v) is 12.6. The first-order valence-corrected chi connectivity index (χ1v) is 7.00. The molecular weight excluding hydrogens is 322 g/mol. The number of hydrogen-bond donors (Lipinski definition) is 2. The number of halogens is 4. The third kappa shape index (κ3) is 3.43. The predicted molar refractivity (Wildman–Crippen MR) is 81.6 cm³/mol. The molecule has 0 aliphatic carbocycles. The highest BCUT2D eigenvalue weighted by Gasteiger charge is 2.19. The summed E-state index contributed by atoms with van der Waals surface area (Å²) in [6.45, 7) is 0. The second-order valence-corrected chi connectivity index (χ2v) is 5.55. The van der Waals surface area contributed by atoms with Crippen LogP contribution in [0.5, 0.6) is 0 Å². The maximum Gasteiger partial charge on any atom is 0.129 e. The van der Waals surface area contributed by atoms with Crippen molar-refractivity contribution in [2.75, 3.05) is 0 Å². The van der Waals surface area contributed by atoms with Gasteiger partial charge in [0.2, 0.25) is 0 Å². The lowest BCUT2D eigenvalue weighted by Crippen LogP contribution is -2.30. The Morgan fingerprint density at radius 1 is 1.10 bits per heavy atom. The molecule has 0 amide bonds. The fourth-order valence-corrected chi connectivity index (χ4v) is 2.78. The van der Waals surface area contributed by atoms with Crippen molar-refractivity contribution in [2.45, 2.75) is 12.5 Å². The van der Waals surface area contributed by atoms with Gasteiger partial charge in [-0.15, -0.1) is 0 Å². The normalized spacial score (nSPS) is 12.4. The highest BCUT2D eigenvalue weighted by atomic mass is 35.5. The van der Waals surface area contributed by atoms with E-state index in [1.807, 2.05) is 0 Å². The standard InChI is InChI=1S/C14H12Cl3FN2/c15-9-5-4-8(11(17)7-9)6-13(20-19)14-10(16)2-1-3-12(14)18/h1-5,7,13,20H,6,19H2. The SMILES string of the molecule is NNC(Cc1ccc(Cl)cc1Cl)c1c(F)cccc1Cl. The average Bonchev–Trinajstić information content (AvgIpc) is 2.39. The Labute approximate surface area is 131 Å². The smallest absolute Gasteiger partial charge is 0.129 e. The fourth-order valence-electron chi connectivity index (χ4n) is 2.00. The third-order valence-corrected chi connectivity index (χ3v) is 3.91. The minimum atomic E-state index is -0.484. The molecular formula is C14H12Cl3FN2. The van der Waals surface area contributed by atoms with Crippen LogP contribution < -0.4 is 11.3 Å². The van der Waals surface area contributed by atoms with Crippen LogP contribution in [0.1, 0.15) is 17.2 Å². The van der Waals surface area contributed by atoms with Crippen LogP contribution in [-0.2, 0) is 6.42 Å². The molecule has 1 unspecified atom stereocenters. The highest BCUT2D eigenvalue weighted by Crippen LogP contribution is 2.30. The van der Waals surface area contributed by atoms with Gasteiger partial charge in [-0.05, 0) is 36.2 Å². The summed E-state index contributed by atoms with van der Waals surface area (Å²) in [5, 5.41) is 1.36. The van der Waals surface area contributed by atoms with Crippen LogP contribution >= 0.6 is 34.8 Å². The van der Waals surface area contributed by atoms with Crippen molar-refractivity contribution in [3.63, 3.8) is 0 Å². The lowest BCUT2D eigenvalue weighted by molar-refractivity contribution is 0.511. The third-order valence-electron chi connectivity index (χ3n) is 2.99. The largest absolute Gasteiger partial charge is 0.271 e. The Balaban J connectivity index is 2.34. The molecule has 2 rings (SSSR count). The molecule has 0 aliphatic rings. The van der Waals surface area contributed by atoms with Crippen LogP contribution in [0.15, 0.2) is 36.4 Å². The van der Waals surface area contributed by atoms with Crippen LogP contribution in [0.4, 0.5) is 4.39 Å². The molecule has 0 aromatic heterocycles. The molecule has 0 spiro atoms. The van der Waals surface area contributed by atoms with E-state index in [2.05, 4.69) is 5.43 Å². The highest BCUT2D eigenvalue weighted by molar-refractivity contribution is 6.35. The van der Waals surface area contributed by atoms with Crippen LogP contribution in [-0.4, -0.2) is 0 Å². The molecule has 20 heavy (non-hydrogen) atoms. The first-order chi connectivity index (χ1) is 9.52. The minimum Gasteiger partial charge on any atom is -0.271 e. The van der Waals surface area contributed by atoms with Crippen molar-refractivity contribution < 1.29 is 4.39 Å². The Morgan fingerprint density at radius 3 is 2.45 bits per heavy atom. The van der Waals surface area contributed by atoms with Crippen molar-refractivity contribution in [2.24, 2.45) is 5.84 Å². The Morgan fingerprint density at radius 2 is 1.85 bits per heavy atom. The summed E-state index contributed by atoms with van der Waals surface area (Å²) in [4.78, 5) is 0. The fraction of sp³-hybridized carbons (Fsp3) is 0.143. The average molecular weight is 334 g/mol. The summed E-state index contributed by atoms with van der Waals surface area (Å²) >= 11 is 18.0. The first-order valence-electron chi connectivity index (χ1n) is 5.87. The van der Waals surface area contributed by atoms with Crippen molar-refractivity contribution in [1.82, 2.24) is 5.43 Å². The number of benzene rings is 2. The maximum atomic E-state index is 13.9. The number of nitrogens with one attached hydrogen (secondary N) is 1. The van der Waals surface area contributed by atoms with Gasteiger partial charge in [0.1, 0.15) is 5.82 Å².